The normalized spacial score (nSPS) is 11.4. The topological polar surface area (TPSA) is 75.7 Å². The molecule has 1 rings (SSSR count). The first kappa shape index (κ1) is 18.4. The number of carbonyl (C=O) groups is 1. The molecule has 1 N–H and O–H groups in total. The Hall–Kier alpha value is -1.60. The van der Waals surface area contributed by atoms with Crippen molar-refractivity contribution in [2.75, 3.05) is 32.5 Å². The smallest absolute Gasteiger partial charge is 0.257 e. The van der Waals surface area contributed by atoms with Crippen LogP contribution in [0.15, 0.2) is 30.3 Å². The summed E-state index contributed by atoms with van der Waals surface area (Å²) >= 11 is 0. The summed E-state index contributed by atoms with van der Waals surface area (Å²) in [6, 6.07) is 9.05. The van der Waals surface area contributed by atoms with E-state index >= 15 is 0 Å². The van der Waals surface area contributed by atoms with E-state index in [-0.39, 0.29) is 25.6 Å². The zero-order chi connectivity index (χ0) is 16.4. The molecule has 1 amide bonds. The van der Waals surface area contributed by atoms with Crippen LogP contribution in [0.1, 0.15) is 19.8 Å². The van der Waals surface area contributed by atoms with Gasteiger partial charge in [-0.25, -0.2) is 12.7 Å². The fourth-order valence-corrected chi connectivity index (χ4v) is 2.70. The van der Waals surface area contributed by atoms with Crippen molar-refractivity contribution >= 4 is 15.9 Å². The molecule has 0 aliphatic heterocycles. The largest absolute Gasteiger partial charge is 0.484 e. The third-order valence-corrected chi connectivity index (χ3v) is 4.33. The highest BCUT2D eigenvalue weighted by Crippen LogP contribution is 2.07. The summed E-state index contributed by atoms with van der Waals surface area (Å²) in [4.78, 5) is 11.7. The van der Waals surface area contributed by atoms with Crippen molar-refractivity contribution in [2.24, 2.45) is 0 Å². The van der Waals surface area contributed by atoms with Crippen molar-refractivity contribution in [2.45, 2.75) is 19.8 Å². The van der Waals surface area contributed by atoms with Gasteiger partial charge in [0.1, 0.15) is 5.75 Å². The first-order valence-electron chi connectivity index (χ1n) is 7.33. The van der Waals surface area contributed by atoms with Gasteiger partial charge >= 0.3 is 0 Å². The maximum Gasteiger partial charge on any atom is 0.257 e. The lowest BCUT2D eigenvalue weighted by Crippen LogP contribution is -2.39. The van der Waals surface area contributed by atoms with E-state index in [2.05, 4.69) is 5.32 Å². The number of nitrogens with zero attached hydrogens (tertiary/aromatic N) is 1. The number of hydrogen-bond acceptors (Lipinski definition) is 4. The molecule has 0 bridgehead atoms. The number of para-hydroxylation sites is 1. The molecule has 0 aliphatic rings. The lowest BCUT2D eigenvalue weighted by Gasteiger charge is -2.19. The van der Waals surface area contributed by atoms with Crippen LogP contribution in [0.3, 0.4) is 0 Å². The summed E-state index contributed by atoms with van der Waals surface area (Å²) in [5.74, 6) is 0.353. The van der Waals surface area contributed by atoms with Gasteiger partial charge in [-0.15, -0.1) is 0 Å². The van der Waals surface area contributed by atoms with E-state index in [1.807, 2.05) is 25.1 Å². The third-order valence-electron chi connectivity index (χ3n) is 3.03. The molecule has 0 radical (unpaired) electrons. The molecule has 0 heterocycles. The Labute approximate surface area is 132 Å². The van der Waals surface area contributed by atoms with E-state index < -0.39 is 10.0 Å². The number of sulfonamides is 1. The van der Waals surface area contributed by atoms with Crippen LogP contribution in [0.2, 0.25) is 0 Å². The fourth-order valence-electron chi connectivity index (χ4n) is 1.81. The average Bonchev–Trinajstić information content (AvgIpc) is 2.48. The molecular formula is C15H24N2O4S. The molecule has 0 fully saturated rings. The van der Waals surface area contributed by atoms with Crippen molar-refractivity contribution < 1.29 is 17.9 Å². The monoisotopic (exact) mass is 328 g/mol. The molecule has 1 aromatic carbocycles. The second-order valence-electron chi connectivity index (χ2n) is 4.97. The van der Waals surface area contributed by atoms with Gasteiger partial charge in [-0.2, -0.15) is 0 Å². The summed E-state index contributed by atoms with van der Waals surface area (Å²) in [6.07, 6.45) is 2.91. The number of carbonyl (C=O) groups excluding carboxylic acids is 1. The lowest BCUT2D eigenvalue weighted by atomic mass is 10.3. The van der Waals surface area contributed by atoms with Crippen molar-refractivity contribution in [3.63, 3.8) is 0 Å². The van der Waals surface area contributed by atoms with Crippen LogP contribution < -0.4 is 10.1 Å². The van der Waals surface area contributed by atoms with E-state index in [0.29, 0.717) is 12.3 Å². The summed E-state index contributed by atoms with van der Waals surface area (Å²) in [7, 11) is -3.24. The van der Waals surface area contributed by atoms with Crippen LogP contribution in [0.4, 0.5) is 0 Å². The molecular weight excluding hydrogens is 304 g/mol. The summed E-state index contributed by atoms with van der Waals surface area (Å²) in [5.41, 5.74) is 0. The Morgan fingerprint density at radius 3 is 2.50 bits per heavy atom. The Kier molecular flexibility index (Phi) is 7.90. The lowest BCUT2D eigenvalue weighted by molar-refractivity contribution is -0.123. The van der Waals surface area contributed by atoms with E-state index in [9.17, 15) is 13.2 Å². The second kappa shape index (κ2) is 9.42. The zero-order valence-corrected chi connectivity index (χ0v) is 13.9. The molecule has 6 nitrogen and oxygen atoms in total. The maximum absolute atomic E-state index is 11.7. The number of unbranched alkanes of at least 4 members (excludes halogenated alkanes) is 1. The van der Waals surface area contributed by atoms with Crippen LogP contribution in [0.5, 0.6) is 5.75 Å². The second-order valence-corrected chi connectivity index (χ2v) is 6.95. The minimum Gasteiger partial charge on any atom is -0.484 e. The van der Waals surface area contributed by atoms with Gasteiger partial charge in [0.25, 0.3) is 5.91 Å². The number of ether oxygens (including phenoxy) is 1. The fraction of sp³-hybridized carbons (Fsp3) is 0.533. The quantitative estimate of drug-likeness (QED) is 0.701. The minimum absolute atomic E-state index is 0.0855. The number of nitrogens with one attached hydrogen (secondary N) is 1. The SMILES string of the molecule is CCCCN(CCNC(=O)COc1ccccc1)S(C)(=O)=O. The van der Waals surface area contributed by atoms with Crippen LogP contribution in [-0.4, -0.2) is 51.1 Å². The standard InChI is InChI=1S/C15H24N2O4S/c1-3-4-11-17(22(2,19)20)12-10-16-15(18)13-21-14-8-6-5-7-9-14/h5-9H,3-4,10-13H2,1-2H3,(H,16,18). The number of benzene rings is 1. The van der Waals surface area contributed by atoms with Crippen LogP contribution >= 0.6 is 0 Å². The molecule has 0 aromatic heterocycles. The number of amides is 1. The highest BCUT2D eigenvalue weighted by atomic mass is 32.2. The Morgan fingerprint density at radius 1 is 1.23 bits per heavy atom. The van der Waals surface area contributed by atoms with Gasteiger partial charge in [0.15, 0.2) is 6.61 Å². The summed E-state index contributed by atoms with van der Waals surface area (Å²) in [6.45, 7) is 2.94. The highest BCUT2D eigenvalue weighted by Gasteiger charge is 2.15. The van der Waals surface area contributed by atoms with Gasteiger partial charge in [0.2, 0.25) is 10.0 Å². The predicted octanol–water partition coefficient (Wildman–Crippen LogP) is 1.24. The minimum atomic E-state index is -3.24. The molecule has 7 heteroatoms. The Bertz CT molecular complexity index is 546. The van der Waals surface area contributed by atoms with Gasteiger partial charge in [-0.1, -0.05) is 31.5 Å². The molecule has 1 aromatic rings. The zero-order valence-electron chi connectivity index (χ0n) is 13.1. The number of rotatable bonds is 10. The van der Waals surface area contributed by atoms with Crippen molar-refractivity contribution in [3.8, 4) is 5.75 Å². The third kappa shape index (κ3) is 7.42. The van der Waals surface area contributed by atoms with E-state index in [1.165, 1.54) is 10.6 Å². The predicted molar refractivity (Wildman–Crippen MR) is 86.3 cm³/mol. The maximum atomic E-state index is 11.7. The van der Waals surface area contributed by atoms with Crippen molar-refractivity contribution in [1.29, 1.82) is 0 Å². The Balaban J connectivity index is 2.30. The molecule has 0 saturated carbocycles. The molecule has 0 spiro atoms. The first-order valence-corrected chi connectivity index (χ1v) is 9.18. The van der Waals surface area contributed by atoms with Gasteiger partial charge in [0, 0.05) is 19.6 Å². The van der Waals surface area contributed by atoms with Crippen LogP contribution in [-0.2, 0) is 14.8 Å². The van der Waals surface area contributed by atoms with Crippen LogP contribution in [0, 0.1) is 0 Å². The average molecular weight is 328 g/mol. The molecule has 124 valence electrons. The Morgan fingerprint density at radius 2 is 1.91 bits per heavy atom. The van der Waals surface area contributed by atoms with E-state index in [4.69, 9.17) is 4.74 Å². The first-order chi connectivity index (χ1) is 10.4. The molecule has 22 heavy (non-hydrogen) atoms. The van der Waals surface area contributed by atoms with Crippen molar-refractivity contribution in [1.82, 2.24) is 9.62 Å². The van der Waals surface area contributed by atoms with Gasteiger partial charge in [-0.3, -0.25) is 4.79 Å². The van der Waals surface area contributed by atoms with Gasteiger partial charge in [0.05, 0.1) is 6.26 Å². The highest BCUT2D eigenvalue weighted by molar-refractivity contribution is 7.88. The van der Waals surface area contributed by atoms with Crippen molar-refractivity contribution in [3.05, 3.63) is 30.3 Å². The van der Waals surface area contributed by atoms with E-state index in [0.717, 1.165) is 12.8 Å². The molecule has 0 saturated heterocycles. The molecule has 0 aliphatic carbocycles. The molecule has 0 atom stereocenters. The van der Waals surface area contributed by atoms with Crippen LogP contribution in [0.25, 0.3) is 0 Å². The summed E-state index contributed by atoms with van der Waals surface area (Å²) in [5, 5.41) is 2.66. The number of hydrogen-bond donors (Lipinski definition) is 1. The van der Waals surface area contributed by atoms with Gasteiger partial charge in [-0.05, 0) is 18.6 Å². The molecule has 0 unspecified atom stereocenters. The van der Waals surface area contributed by atoms with E-state index in [1.54, 1.807) is 12.1 Å². The summed E-state index contributed by atoms with van der Waals surface area (Å²) < 4.78 is 29.9. The van der Waals surface area contributed by atoms with Gasteiger partial charge < -0.3 is 10.1 Å².